The second kappa shape index (κ2) is 15.3. The van der Waals surface area contributed by atoms with E-state index in [1.54, 1.807) is 13.2 Å². The zero-order valence-electron chi connectivity index (χ0n) is 25.2. The van der Waals surface area contributed by atoms with Crippen LogP contribution in [0.4, 0.5) is 4.39 Å². The molecule has 6 heteroatoms. The molecule has 1 unspecified atom stereocenters. The van der Waals surface area contributed by atoms with Gasteiger partial charge in [-0.05, 0) is 52.5 Å². The Labute approximate surface area is 246 Å². The summed E-state index contributed by atoms with van der Waals surface area (Å²) < 4.78 is 33.0. The summed E-state index contributed by atoms with van der Waals surface area (Å²) in [5.41, 5.74) is 1.05. The molecule has 41 heavy (non-hydrogen) atoms. The van der Waals surface area contributed by atoms with E-state index in [1.807, 2.05) is 50.2 Å². The van der Waals surface area contributed by atoms with Gasteiger partial charge in [0.25, 0.3) is 8.32 Å². The molecule has 0 aromatic heterocycles. The molecule has 0 fully saturated rings. The molecule has 3 aromatic carbocycles. The molecule has 1 N–H and O–H groups in total. The minimum Gasteiger partial charge on any atom is -0.497 e. The lowest BCUT2D eigenvalue weighted by molar-refractivity contribution is 0.125. The van der Waals surface area contributed by atoms with Crippen LogP contribution in [-0.2, 0) is 15.8 Å². The summed E-state index contributed by atoms with van der Waals surface area (Å²) in [5.74, 6) is -0.0302. The van der Waals surface area contributed by atoms with Crippen LogP contribution in [0.25, 0.3) is 0 Å². The highest BCUT2D eigenvalue weighted by molar-refractivity contribution is 6.99. The van der Waals surface area contributed by atoms with Gasteiger partial charge in [0.05, 0.1) is 20.3 Å². The molecule has 0 bridgehead atoms. The molecule has 0 heterocycles. The Hall–Kier alpha value is -3.03. The standard InChI is InChI=1S/C35H45FO4Si/c1-27(25-33(36)34(37)19-13-14-24-39-26-29-20-22-30(38-6)23-21-29)28(2)40-41(35(3,4)5,31-15-9-7-10-16-31)32-17-11-8-12-18-32/h7-13,15-23,25,27-28,34,37H,14,24,26H2,1-6H3/b19-13-,33-25+/t27-,28+,34?/m1/s1. The summed E-state index contributed by atoms with van der Waals surface area (Å²) in [5, 5.41) is 12.6. The molecule has 0 saturated heterocycles. The Morgan fingerprint density at radius 3 is 1.98 bits per heavy atom. The van der Waals surface area contributed by atoms with Crippen molar-refractivity contribution < 1.29 is 23.4 Å². The Morgan fingerprint density at radius 2 is 1.46 bits per heavy atom. The molecule has 0 spiro atoms. The number of benzene rings is 3. The number of ether oxygens (including phenoxy) is 2. The van der Waals surface area contributed by atoms with E-state index in [-0.39, 0.29) is 17.1 Å². The highest BCUT2D eigenvalue weighted by Gasteiger charge is 2.51. The third-order valence-corrected chi connectivity index (χ3v) is 12.5. The minimum absolute atomic E-state index is 0.177. The summed E-state index contributed by atoms with van der Waals surface area (Å²) in [6, 6.07) is 28.5. The van der Waals surface area contributed by atoms with E-state index >= 15 is 4.39 Å². The second-order valence-electron chi connectivity index (χ2n) is 11.5. The van der Waals surface area contributed by atoms with Crippen molar-refractivity contribution in [3.63, 3.8) is 0 Å². The van der Waals surface area contributed by atoms with Crippen molar-refractivity contribution in [1.82, 2.24) is 0 Å². The average Bonchev–Trinajstić information content (AvgIpc) is 2.97. The first-order valence-electron chi connectivity index (χ1n) is 14.3. The fourth-order valence-corrected chi connectivity index (χ4v) is 9.73. The van der Waals surface area contributed by atoms with Crippen molar-refractivity contribution in [3.8, 4) is 5.75 Å². The van der Waals surface area contributed by atoms with Crippen molar-refractivity contribution in [2.75, 3.05) is 13.7 Å². The smallest absolute Gasteiger partial charge is 0.261 e. The number of aliphatic hydroxyl groups is 1. The van der Waals surface area contributed by atoms with Crippen LogP contribution in [0, 0.1) is 5.92 Å². The summed E-state index contributed by atoms with van der Waals surface area (Å²) in [4.78, 5) is 0. The topological polar surface area (TPSA) is 47.9 Å². The highest BCUT2D eigenvalue weighted by atomic mass is 28.4. The number of methoxy groups -OCH3 is 1. The molecule has 0 radical (unpaired) electrons. The molecule has 220 valence electrons. The number of halogens is 1. The van der Waals surface area contributed by atoms with E-state index in [0.29, 0.717) is 19.6 Å². The molecule has 0 aliphatic heterocycles. The van der Waals surface area contributed by atoms with E-state index in [4.69, 9.17) is 13.9 Å². The Balaban J connectivity index is 1.64. The predicted molar refractivity (Wildman–Crippen MR) is 169 cm³/mol. The molecular weight excluding hydrogens is 531 g/mol. The third kappa shape index (κ3) is 8.73. The number of hydrogen-bond donors (Lipinski definition) is 1. The fourth-order valence-electron chi connectivity index (χ4n) is 4.94. The van der Waals surface area contributed by atoms with Gasteiger partial charge in [0.2, 0.25) is 0 Å². The van der Waals surface area contributed by atoms with Gasteiger partial charge in [-0.1, -0.05) is 113 Å². The molecule has 0 amide bonds. The van der Waals surface area contributed by atoms with Crippen molar-refractivity contribution in [2.24, 2.45) is 5.92 Å². The lowest BCUT2D eigenvalue weighted by Gasteiger charge is -2.45. The number of aliphatic hydroxyl groups excluding tert-OH is 1. The van der Waals surface area contributed by atoms with Crippen LogP contribution in [-0.4, -0.2) is 39.3 Å². The van der Waals surface area contributed by atoms with Gasteiger partial charge >= 0.3 is 0 Å². The maximum atomic E-state index is 15.1. The van der Waals surface area contributed by atoms with Gasteiger partial charge in [-0.25, -0.2) is 4.39 Å². The van der Waals surface area contributed by atoms with Crippen LogP contribution in [0.15, 0.2) is 109 Å². The lowest BCUT2D eigenvalue weighted by Crippen LogP contribution is -2.67. The highest BCUT2D eigenvalue weighted by Crippen LogP contribution is 2.38. The Bertz CT molecular complexity index is 1200. The summed E-state index contributed by atoms with van der Waals surface area (Å²) in [6.45, 7) is 11.6. The molecule has 3 atom stereocenters. The number of rotatable bonds is 14. The number of hydrogen-bond acceptors (Lipinski definition) is 4. The van der Waals surface area contributed by atoms with Crippen LogP contribution in [0.3, 0.4) is 0 Å². The normalized spacial score (nSPS) is 15.1. The predicted octanol–water partition coefficient (Wildman–Crippen LogP) is 6.97. The largest absolute Gasteiger partial charge is 0.497 e. The first kappa shape index (κ1) is 32.5. The van der Waals surface area contributed by atoms with E-state index < -0.39 is 20.2 Å². The summed E-state index contributed by atoms with van der Waals surface area (Å²) in [7, 11) is -1.13. The summed E-state index contributed by atoms with van der Waals surface area (Å²) in [6.07, 6.45) is 3.69. The molecule has 4 nitrogen and oxygen atoms in total. The Kier molecular flexibility index (Phi) is 12.1. The van der Waals surface area contributed by atoms with E-state index in [0.717, 1.165) is 11.3 Å². The zero-order chi connectivity index (χ0) is 29.9. The first-order valence-corrected chi connectivity index (χ1v) is 16.2. The monoisotopic (exact) mass is 576 g/mol. The maximum Gasteiger partial charge on any atom is 0.261 e. The van der Waals surface area contributed by atoms with Crippen LogP contribution in [0.5, 0.6) is 5.75 Å². The zero-order valence-corrected chi connectivity index (χ0v) is 26.2. The van der Waals surface area contributed by atoms with Gasteiger partial charge < -0.3 is 19.0 Å². The minimum atomic E-state index is -2.77. The lowest BCUT2D eigenvalue weighted by atomic mass is 10.0. The fraction of sp³-hybridized carbons (Fsp3) is 0.371. The molecular formula is C35H45FO4Si. The third-order valence-electron chi connectivity index (χ3n) is 7.40. The van der Waals surface area contributed by atoms with Gasteiger partial charge in [0.1, 0.15) is 17.7 Å². The summed E-state index contributed by atoms with van der Waals surface area (Å²) >= 11 is 0. The van der Waals surface area contributed by atoms with Gasteiger partial charge in [-0.2, -0.15) is 0 Å². The molecule has 0 aliphatic carbocycles. The van der Waals surface area contributed by atoms with E-state index in [9.17, 15) is 5.11 Å². The van der Waals surface area contributed by atoms with Crippen LogP contribution >= 0.6 is 0 Å². The van der Waals surface area contributed by atoms with E-state index in [2.05, 4.69) is 69.3 Å². The van der Waals surface area contributed by atoms with Crippen LogP contribution in [0.1, 0.15) is 46.6 Å². The van der Waals surface area contributed by atoms with Gasteiger partial charge in [0, 0.05) is 12.0 Å². The maximum absolute atomic E-state index is 15.1. The van der Waals surface area contributed by atoms with Crippen molar-refractivity contribution in [3.05, 3.63) is 115 Å². The van der Waals surface area contributed by atoms with E-state index in [1.165, 1.54) is 22.5 Å². The molecule has 0 saturated carbocycles. The SMILES string of the molecule is COc1ccc(COCC/C=C\C(O)/C(F)=C\[C@@H](C)[C@H](C)O[Si](c2ccccc2)(c2ccccc2)C(C)(C)C)cc1. The molecule has 3 aromatic rings. The van der Waals surface area contributed by atoms with Crippen LogP contribution in [0.2, 0.25) is 5.04 Å². The van der Waals surface area contributed by atoms with Gasteiger partial charge in [0.15, 0.2) is 0 Å². The van der Waals surface area contributed by atoms with Crippen molar-refractivity contribution in [2.45, 2.75) is 64.9 Å². The van der Waals surface area contributed by atoms with Gasteiger partial charge in [-0.3, -0.25) is 0 Å². The molecule has 0 aliphatic rings. The quantitative estimate of drug-likeness (QED) is 0.128. The van der Waals surface area contributed by atoms with Gasteiger partial charge in [-0.15, -0.1) is 0 Å². The Morgan fingerprint density at radius 1 is 0.902 bits per heavy atom. The molecule has 3 rings (SSSR count). The van der Waals surface area contributed by atoms with Crippen molar-refractivity contribution >= 4 is 18.7 Å². The second-order valence-corrected chi connectivity index (χ2v) is 15.7. The van der Waals surface area contributed by atoms with Crippen molar-refractivity contribution in [1.29, 1.82) is 0 Å². The average molecular weight is 577 g/mol. The first-order chi connectivity index (χ1) is 19.6. The van der Waals surface area contributed by atoms with Crippen LogP contribution < -0.4 is 15.1 Å².